The topological polar surface area (TPSA) is 38.8 Å². The Hall–Kier alpha value is -2.75. The van der Waals surface area contributed by atoms with Crippen LogP contribution in [0, 0.1) is 0 Å². The maximum absolute atomic E-state index is 12.7. The summed E-state index contributed by atoms with van der Waals surface area (Å²) in [5, 5.41) is 0. The number of benzene rings is 2. The highest BCUT2D eigenvalue weighted by Crippen LogP contribution is 2.28. The molecule has 2 aromatic rings. The predicted molar refractivity (Wildman–Crippen MR) is 105 cm³/mol. The van der Waals surface area contributed by atoms with Crippen molar-refractivity contribution in [1.29, 1.82) is 0 Å². The summed E-state index contributed by atoms with van der Waals surface area (Å²) in [4.78, 5) is 14.5. The van der Waals surface area contributed by atoms with E-state index in [9.17, 15) is 4.79 Å². The SMILES string of the molecule is CCOc1cc(/C=C/C(=O)N(Cc2ccccc2)C(C)C)ccc1OC. The van der Waals surface area contributed by atoms with Crippen molar-refractivity contribution < 1.29 is 14.3 Å². The molecule has 0 bridgehead atoms. The number of hydrogen-bond donors (Lipinski definition) is 0. The Balaban J connectivity index is 2.14. The van der Waals surface area contributed by atoms with Crippen LogP contribution in [0.1, 0.15) is 31.9 Å². The van der Waals surface area contributed by atoms with Gasteiger partial charge in [-0.1, -0.05) is 36.4 Å². The van der Waals surface area contributed by atoms with Crippen LogP contribution < -0.4 is 9.47 Å². The molecular weight excluding hydrogens is 326 g/mol. The van der Waals surface area contributed by atoms with Gasteiger partial charge in [-0.2, -0.15) is 0 Å². The third-order valence-corrected chi connectivity index (χ3v) is 4.01. The zero-order chi connectivity index (χ0) is 18.9. The van der Waals surface area contributed by atoms with E-state index < -0.39 is 0 Å². The fourth-order valence-electron chi connectivity index (χ4n) is 2.62. The molecule has 0 spiro atoms. The Morgan fingerprint density at radius 3 is 2.46 bits per heavy atom. The van der Waals surface area contributed by atoms with Gasteiger partial charge < -0.3 is 14.4 Å². The molecule has 0 aliphatic heterocycles. The molecular formula is C22H27NO3. The van der Waals surface area contributed by atoms with Gasteiger partial charge in [-0.05, 0) is 50.1 Å². The van der Waals surface area contributed by atoms with Crippen LogP contribution in [0.3, 0.4) is 0 Å². The highest BCUT2D eigenvalue weighted by Gasteiger charge is 2.15. The summed E-state index contributed by atoms with van der Waals surface area (Å²) >= 11 is 0. The van der Waals surface area contributed by atoms with Crippen molar-refractivity contribution in [3.63, 3.8) is 0 Å². The smallest absolute Gasteiger partial charge is 0.247 e. The molecule has 0 aromatic heterocycles. The molecule has 0 saturated carbocycles. The fraction of sp³-hybridized carbons (Fsp3) is 0.318. The molecule has 0 N–H and O–H groups in total. The molecule has 0 radical (unpaired) electrons. The first-order valence-electron chi connectivity index (χ1n) is 8.88. The van der Waals surface area contributed by atoms with Gasteiger partial charge in [0.25, 0.3) is 0 Å². The largest absolute Gasteiger partial charge is 0.493 e. The van der Waals surface area contributed by atoms with Crippen molar-refractivity contribution in [3.8, 4) is 11.5 Å². The van der Waals surface area contributed by atoms with E-state index >= 15 is 0 Å². The number of methoxy groups -OCH3 is 1. The van der Waals surface area contributed by atoms with Gasteiger partial charge >= 0.3 is 0 Å². The van der Waals surface area contributed by atoms with Crippen molar-refractivity contribution in [2.75, 3.05) is 13.7 Å². The van der Waals surface area contributed by atoms with Crippen molar-refractivity contribution in [2.24, 2.45) is 0 Å². The van der Waals surface area contributed by atoms with Crippen LogP contribution in [0.25, 0.3) is 6.08 Å². The molecule has 2 rings (SSSR count). The fourth-order valence-corrected chi connectivity index (χ4v) is 2.62. The van der Waals surface area contributed by atoms with Gasteiger partial charge in [-0.15, -0.1) is 0 Å². The normalized spacial score (nSPS) is 11.0. The molecule has 0 atom stereocenters. The van der Waals surface area contributed by atoms with Crippen LogP contribution in [0.5, 0.6) is 11.5 Å². The van der Waals surface area contributed by atoms with Gasteiger partial charge in [0, 0.05) is 18.7 Å². The van der Waals surface area contributed by atoms with Crippen LogP contribution in [-0.2, 0) is 11.3 Å². The van der Waals surface area contributed by atoms with Crippen molar-refractivity contribution >= 4 is 12.0 Å². The lowest BCUT2D eigenvalue weighted by Crippen LogP contribution is -2.35. The van der Waals surface area contributed by atoms with E-state index in [-0.39, 0.29) is 11.9 Å². The highest BCUT2D eigenvalue weighted by atomic mass is 16.5. The van der Waals surface area contributed by atoms with E-state index in [1.54, 1.807) is 13.2 Å². The van der Waals surface area contributed by atoms with Crippen molar-refractivity contribution in [1.82, 2.24) is 4.90 Å². The summed E-state index contributed by atoms with van der Waals surface area (Å²) in [5.74, 6) is 1.34. The second kappa shape index (κ2) is 9.66. The van der Waals surface area contributed by atoms with Crippen molar-refractivity contribution in [2.45, 2.75) is 33.4 Å². The lowest BCUT2D eigenvalue weighted by atomic mass is 10.1. The van der Waals surface area contributed by atoms with Gasteiger partial charge in [-0.25, -0.2) is 0 Å². The lowest BCUT2D eigenvalue weighted by Gasteiger charge is -2.25. The van der Waals surface area contributed by atoms with E-state index in [1.807, 2.05) is 80.3 Å². The summed E-state index contributed by atoms with van der Waals surface area (Å²) in [6, 6.07) is 15.8. The third kappa shape index (κ3) is 5.38. The van der Waals surface area contributed by atoms with Gasteiger partial charge in [0.2, 0.25) is 5.91 Å². The molecule has 26 heavy (non-hydrogen) atoms. The summed E-state index contributed by atoms with van der Waals surface area (Å²) in [5.41, 5.74) is 2.01. The Morgan fingerprint density at radius 2 is 1.85 bits per heavy atom. The van der Waals surface area contributed by atoms with E-state index in [1.165, 1.54) is 0 Å². The van der Waals surface area contributed by atoms with E-state index in [4.69, 9.17) is 9.47 Å². The van der Waals surface area contributed by atoms with Crippen molar-refractivity contribution in [3.05, 3.63) is 65.7 Å². The Kier molecular flexibility index (Phi) is 7.27. The number of amides is 1. The van der Waals surface area contributed by atoms with Gasteiger partial charge in [-0.3, -0.25) is 4.79 Å². The maximum Gasteiger partial charge on any atom is 0.247 e. The lowest BCUT2D eigenvalue weighted by molar-refractivity contribution is -0.128. The molecule has 4 nitrogen and oxygen atoms in total. The van der Waals surface area contributed by atoms with Crippen LogP contribution in [0.2, 0.25) is 0 Å². The molecule has 0 aliphatic carbocycles. The summed E-state index contributed by atoms with van der Waals surface area (Å²) in [6.07, 6.45) is 3.42. The molecule has 0 unspecified atom stereocenters. The average Bonchev–Trinajstić information content (AvgIpc) is 2.65. The second-order valence-corrected chi connectivity index (χ2v) is 6.22. The van der Waals surface area contributed by atoms with Crippen LogP contribution in [-0.4, -0.2) is 30.6 Å². The number of rotatable bonds is 8. The molecule has 138 valence electrons. The first kappa shape index (κ1) is 19.6. The number of nitrogens with zero attached hydrogens (tertiary/aromatic N) is 1. The number of hydrogen-bond acceptors (Lipinski definition) is 3. The monoisotopic (exact) mass is 353 g/mol. The van der Waals surface area contributed by atoms with E-state index in [2.05, 4.69) is 0 Å². The zero-order valence-electron chi connectivity index (χ0n) is 15.9. The second-order valence-electron chi connectivity index (χ2n) is 6.22. The molecule has 2 aromatic carbocycles. The molecule has 0 saturated heterocycles. The Bertz CT molecular complexity index is 738. The minimum Gasteiger partial charge on any atom is -0.493 e. The third-order valence-electron chi connectivity index (χ3n) is 4.01. The van der Waals surface area contributed by atoms with Gasteiger partial charge in [0.05, 0.1) is 13.7 Å². The maximum atomic E-state index is 12.7. The summed E-state index contributed by atoms with van der Waals surface area (Å²) in [6.45, 7) is 7.12. The molecule has 1 amide bonds. The predicted octanol–water partition coefficient (Wildman–Crippen LogP) is 4.54. The van der Waals surface area contributed by atoms with E-state index in [0.29, 0.717) is 24.7 Å². The quantitative estimate of drug-likeness (QED) is 0.654. The molecule has 0 heterocycles. The molecule has 4 heteroatoms. The van der Waals surface area contributed by atoms with Gasteiger partial charge in [0.15, 0.2) is 11.5 Å². The number of ether oxygens (including phenoxy) is 2. The van der Waals surface area contributed by atoms with Gasteiger partial charge in [0.1, 0.15) is 0 Å². The molecule has 0 fully saturated rings. The summed E-state index contributed by atoms with van der Waals surface area (Å²) in [7, 11) is 1.61. The first-order chi connectivity index (χ1) is 12.5. The minimum atomic E-state index is -0.0161. The summed E-state index contributed by atoms with van der Waals surface area (Å²) < 4.78 is 10.9. The number of carbonyl (C=O) groups is 1. The van der Waals surface area contributed by atoms with Crippen LogP contribution in [0.15, 0.2) is 54.6 Å². The molecule has 0 aliphatic rings. The Morgan fingerprint density at radius 1 is 1.12 bits per heavy atom. The number of carbonyl (C=O) groups excluding carboxylic acids is 1. The highest BCUT2D eigenvalue weighted by molar-refractivity contribution is 5.92. The van der Waals surface area contributed by atoms with E-state index in [0.717, 1.165) is 11.1 Å². The first-order valence-corrected chi connectivity index (χ1v) is 8.88. The Labute approximate surface area is 156 Å². The minimum absolute atomic E-state index is 0.0161. The standard InChI is InChI=1S/C22H27NO3/c1-5-26-21-15-18(11-13-20(21)25-4)12-14-22(24)23(17(2)3)16-19-9-7-6-8-10-19/h6-15,17H,5,16H2,1-4H3/b14-12+. The van der Waals surface area contributed by atoms with Crippen LogP contribution >= 0.6 is 0 Å². The zero-order valence-corrected chi connectivity index (χ0v) is 15.9. The van der Waals surface area contributed by atoms with Crippen LogP contribution in [0.4, 0.5) is 0 Å². The average molecular weight is 353 g/mol.